The first-order valence-electron chi connectivity index (χ1n) is 7.32. The van der Waals surface area contributed by atoms with Crippen LogP contribution in [0.5, 0.6) is 5.75 Å². The molecular weight excluding hydrogens is 365 g/mol. The zero-order valence-electron chi connectivity index (χ0n) is 13.1. The molecule has 0 fully saturated rings. The van der Waals surface area contributed by atoms with E-state index in [0.29, 0.717) is 27.5 Å². The number of hydrazone groups is 1. The second-order valence-electron chi connectivity index (χ2n) is 4.79. The highest BCUT2D eigenvalue weighted by atomic mass is 35.5. The van der Waals surface area contributed by atoms with Crippen LogP contribution in [0.4, 0.5) is 0 Å². The van der Waals surface area contributed by atoms with Gasteiger partial charge in [0.05, 0.1) is 6.21 Å². The lowest BCUT2D eigenvalue weighted by molar-refractivity contribution is 0.306. The molecule has 0 saturated carbocycles. The quantitative estimate of drug-likeness (QED) is 0.442. The van der Waals surface area contributed by atoms with Crippen LogP contribution < -0.4 is 15.5 Å². The Morgan fingerprint density at radius 1 is 1.25 bits per heavy atom. The minimum atomic E-state index is 0.337. The van der Waals surface area contributed by atoms with Crippen LogP contribution >= 0.6 is 35.4 Å². The number of benzene rings is 2. The van der Waals surface area contributed by atoms with Gasteiger partial charge in [0.1, 0.15) is 12.4 Å². The molecule has 0 spiro atoms. The standard InChI is InChI=1S/C17H17Cl2N3OS/c1-2-20-17(24)22-21-10-12-5-3-4-6-16(12)23-11-13-7-8-14(18)9-15(13)19/h3-10H,2,11H2,1H3,(H2,20,22,24)/b21-10-. The highest BCUT2D eigenvalue weighted by Gasteiger charge is 2.05. The second kappa shape index (κ2) is 9.47. The Hall–Kier alpha value is -1.82. The molecule has 0 unspecified atom stereocenters. The van der Waals surface area contributed by atoms with Crippen molar-refractivity contribution in [1.82, 2.24) is 10.7 Å². The van der Waals surface area contributed by atoms with Crippen molar-refractivity contribution in [2.75, 3.05) is 6.54 Å². The third-order valence-electron chi connectivity index (χ3n) is 3.02. The zero-order chi connectivity index (χ0) is 17.4. The molecule has 0 saturated heterocycles. The molecule has 2 aromatic carbocycles. The third kappa shape index (κ3) is 5.67. The maximum Gasteiger partial charge on any atom is 0.186 e. The molecule has 0 radical (unpaired) electrons. The van der Waals surface area contributed by atoms with E-state index in [2.05, 4.69) is 15.8 Å². The van der Waals surface area contributed by atoms with Gasteiger partial charge in [-0.15, -0.1) is 0 Å². The van der Waals surface area contributed by atoms with Crippen LogP contribution in [0.25, 0.3) is 0 Å². The fraction of sp³-hybridized carbons (Fsp3) is 0.176. The largest absolute Gasteiger partial charge is 0.488 e. The lowest BCUT2D eigenvalue weighted by Gasteiger charge is -2.10. The first-order chi connectivity index (χ1) is 11.6. The van der Waals surface area contributed by atoms with Crippen molar-refractivity contribution in [1.29, 1.82) is 0 Å². The van der Waals surface area contributed by atoms with Crippen molar-refractivity contribution in [2.45, 2.75) is 13.5 Å². The number of para-hydroxylation sites is 1. The number of halogens is 2. The second-order valence-corrected chi connectivity index (χ2v) is 6.04. The summed E-state index contributed by atoms with van der Waals surface area (Å²) in [4.78, 5) is 0. The molecule has 7 heteroatoms. The Kier molecular flexibility index (Phi) is 7.31. The maximum atomic E-state index is 6.16. The SMILES string of the molecule is CCNC(=S)N/N=C\c1ccccc1OCc1ccc(Cl)cc1Cl. The van der Waals surface area contributed by atoms with Gasteiger partial charge < -0.3 is 10.1 Å². The van der Waals surface area contributed by atoms with E-state index in [1.54, 1.807) is 18.3 Å². The molecule has 24 heavy (non-hydrogen) atoms. The van der Waals surface area contributed by atoms with Crippen molar-refractivity contribution < 1.29 is 4.74 Å². The molecule has 0 aromatic heterocycles. The van der Waals surface area contributed by atoms with Gasteiger partial charge in [-0.25, -0.2) is 0 Å². The molecule has 2 aromatic rings. The maximum absolute atomic E-state index is 6.16. The fourth-order valence-electron chi connectivity index (χ4n) is 1.87. The van der Waals surface area contributed by atoms with Crippen LogP contribution in [0, 0.1) is 0 Å². The highest BCUT2D eigenvalue weighted by molar-refractivity contribution is 7.80. The Balaban J connectivity index is 2.03. The predicted molar refractivity (Wildman–Crippen MR) is 104 cm³/mol. The van der Waals surface area contributed by atoms with E-state index in [1.807, 2.05) is 37.3 Å². The lowest BCUT2D eigenvalue weighted by Crippen LogP contribution is -2.31. The van der Waals surface area contributed by atoms with Crippen LogP contribution in [0.2, 0.25) is 10.0 Å². The van der Waals surface area contributed by atoms with E-state index in [0.717, 1.165) is 17.7 Å². The van der Waals surface area contributed by atoms with E-state index in [4.69, 9.17) is 40.2 Å². The van der Waals surface area contributed by atoms with E-state index < -0.39 is 0 Å². The minimum Gasteiger partial charge on any atom is -0.488 e. The number of ether oxygens (including phenoxy) is 1. The summed E-state index contributed by atoms with van der Waals surface area (Å²) in [7, 11) is 0. The number of hydrogen-bond acceptors (Lipinski definition) is 3. The summed E-state index contributed by atoms with van der Waals surface area (Å²) in [6.45, 7) is 3.04. The Labute approximate surface area is 156 Å². The first kappa shape index (κ1) is 18.5. The Morgan fingerprint density at radius 2 is 2.04 bits per heavy atom. The van der Waals surface area contributed by atoms with Gasteiger partial charge in [-0.2, -0.15) is 5.10 Å². The van der Waals surface area contributed by atoms with E-state index in [-0.39, 0.29) is 0 Å². The molecule has 0 atom stereocenters. The molecule has 0 bridgehead atoms. The van der Waals surface area contributed by atoms with Crippen LogP contribution in [0.1, 0.15) is 18.1 Å². The number of thiocarbonyl (C=S) groups is 1. The van der Waals surface area contributed by atoms with E-state index >= 15 is 0 Å². The highest BCUT2D eigenvalue weighted by Crippen LogP contribution is 2.23. The summed E-state index contributed by atoms with van der Waals surface area (Å²) < 4.78 is 5.85. The number of hydrogen-bond donors (Lipinski definition) is 2. The first-order valence-corrected chi connectivity index (χ1v) is 8.49. The Bertz CT molecular complexity index is 738. The minimum absolute atomic E-state index is 0.337. The van der Waals surface area contributed by atoms with Crippen molar-refractivity contribution in [3.63, 3.8) is 0 Å². The summed E-state index contributed by atoms with van der Waals surface area (Å²) in [5, 5.41) is 8.70. The summed E-state index contributed by atoms with van der Waals surface area (Å²) in [5.74, 6) is 0.698. The monoisotopic (exact) mass is 381 g/mol. The normalized spacial score (nSPS) is 10.6. The van der Waals surface area contributed by atoms with Gasteiger partial charge in [-0.05, 0) is 43.4 Å². The summed E-state index contributed by atoms with van der Waals surface area (Å²) >= 11 is 17.1. The molecule has 126 valence electrons. The Morgan fingerprint density at radius 3 is 2.79 bits per heavy atom. The van der Waals surface area contributed by atoms with Gasteiger partial charge >= 0.3 is 0 Å². The van der Waals surface area contributed by atoms with Crippen molar-refractivity contribution in [3.8, 4) is 5.75 Å². The predicted octanol–water partition coefficient (Wildman–Crippen LogP) is 4.39. The van der Waals surface area contributed by atoms with Crippen LogP contribution in [-0.4, -0.2) is 17.9 Å². The van der Waals surface area contributed by atoms with Crippen molar-refractivity contribution in [2.24, 2.45) is 5.10 Å². The average molecular weight is 382 g/mol. The van der Waals surface area contributed by atoms with Gasteiger partial charge in [0, 0.05) is 27.7 Å². The summed E-state index contributed by atoms with van der Waals surface area (Å²) in [6.07, 6.45) is 1.66. The van der Waals surface area contributed by atoms with Crippen LogP contribution in [0.15, 0.2) is 47.6 Å². The number of nitrogens with zero attached hydrogens (tertiary/aromatic N) is 1. The van der Waals surface area contributed by atoms with Crippen LogP contribution in [0.3, 0.4) is 0 Å². The smallest absolute Gasteiger partial charge is 0.186 e. The van der Waals surface area contributed by atoms with Gasteiger partial charge in [-0.3, -0.25) is 5.43 Å². The fourth-order valence-corrected chi connectivity index (χ4v) is 2.53. The third-order valence-corrected chi connectivity index (χ3v) is 3.85. The topological polar surface area (TPSA) is 45.7 Å². The van der Waals surface area contributed by atoms with Crippen LogP contribution in [-0.2, 0) is 6.61 Å². The van der Waals surface area contributed by atoms with Gasteiger partial charge in [0.25, 0.3) is 0 Å². The van der Waals surface area contributed by atoms with Gasteiger partial charge in [-0.1, -0.05) is 41.4 Å². The number of rotatable bonds is 6. The van der Waals surface area contributed by atoms with Gasteiger partial charge in [0.15, 0.2) is 5.11 Å². The van der Waals surface area contributed by atoms with Crippen molar-refractivity contribution >= 4 is 46.7 Å². The van der Waals surface area contributed by atoms with Crippen molar-refractivity contribution in [3.05, 3.63) is 63.6 Å². The molecule has 0 amide bonds. The van der Waals surface area contributed by atoms with E-state index in [9.17, 15) is 0 Å². The summed E-state index contributed by atoms with van der Waals surface area (Å²) in [6, 6.07) is 12.9. The van der Waals surface area contributed by atoms with Gasteiger partial charge in [0.2, 0.25) is 0 Å². The van der Waals surface area contributed by atoms with E-state index in [1.165, 1.54) is 0 Å². The molecule has 0 aliphatic rings. The average Bonchev–Trinajstić information content (AvgIpc) is 2.55. The molecule has 2 rings (SSSR count). The molecule has 2 N–H and O–H groups in total. The molecule has 0 aliphatic heterocycles. The zero-order valence-corrected chi connectivity index (χ0v) is 15.4. The number of nitrogens with one attached hydrogen (secondary N) is 2. The molecular formula is C17H17Cl2N3OS. The summed E-state index contributed by atoms with van der Waals surface area (Å²) in [5.41, 5.74) is 4.44. The lowest BCUT2D eigenvalue weighted by atomic mass is 10.2. The molecule has 0 heterocycles. The molecule has 4 nitrogen and oxygen atoms in total. The molecule has 0 aliphatic carbocycles.